The van der Waals surface area contributed by atoms with Crippen LogP contribution in [0.2, 0.25) is 0 Å². The minimum absolute atomic E-state index is 0.146. The third kappa shape index (κ3) is 10.9. The van der Waals surface area contributed by atoms with E-state index in [0.717, 1.165) is 44.5 Å². The van der Waals surface area contributed by atoms with Gasteiger partial charge in [-0.25, -0.2) is 0 Å². The summed E-state index contributed by atoms with van der Waals surface area (Å²) in [5, 5.41) is 64.3. The van der Waals surface area contributed by atoms with Crippen molar-refractivity contribution in [3.05, 3.63) is 178 Å². The predicted octanol–water partition coefficient (Wildman–Crippen LogP) is 9.34. The van der Waals surface area contributed by atoms with E-state index in [9.17, 15) is 30.6 Å². The van der Waals surface area contributed by atoms with E-state index in [1.165, 1.54) is 0 Å². The Bertz CT molecular complexity index is 2340. The summed E-state index contributed by atoms with van der Waals surface area (Å²) >= 11 is 0. The molecule has 314 valence electrons. The van der Waals surface area contributed by atoms with E-state index < -0.39 is 23.2 Å². The monoisotopic (exact) mass is 810 g/mol. The fourth-order valence-electron chi connectivity index (χ4n) is 7.90. The average molecular weight is 811 g/mol. The van der Waals surface area contributed by atoms with Crippen LogP contribution in [0, 0.1) is 0 Å². The number of aliphatic hydroxyl groups excluding tert-OH is 4. The van der Waals surface area contributed by atoms with Crippen molar-refractivity contribution < 1.29 is 40.1 Å². The maximum absolute atomic E-state index is 12.2. The van der Waals surface area contributed by atoms with Gasteiger partial charge in [-0.3, -0.25) is 0 Å². The highest BCUT2D eigenvalue weighted by molar-refractivity contribution is 5.67. The topological polar surface area (TPSA) is 140 Å². The van der Waals surface area contributed by atoms with Gasteiger partial charge in [0.2, 0.25) is 0 Å². The number of hydrogen-bond acceptors (Lipinski definition) is 8. The summed E-state index contributed by atoms with van der Waals surface area (Å²) in [4.78, 5) is 0. The van der Waals surface area contributed by atoms with Crippen LogP contribution in [-0.2, 0) is 39.5 Å². The summed E-state index contributed by atoms with van der Waals surface area (Å²) < 4.78 is 12.4. The van der Waals surface area contributed by atoms with Gasteiger partial charge in [-0.15, -0.1) is 0 Å². The molecular weight excluding hydrogens is 753 g/mol. The van der Waals surface area contributed by atoms with Crippen LogP contribution < -0.4 is 9.47 Å². The minimum Gasteiger partial charge on any atom is -0.489 e. The Morgan fingerprint density at radius 1 is 0.517 bits per heavy atom. The Hall–Kier alpha value is -5.32. The standard InChI is InChI=1S/C52H58O8/c1-5-52(58,6-2)29-35-11-7-12-38(23-35)40-14-9-17-46(27-40)60-34-37-20-22-44(31-54)48(25-37)50(56)49(51(3,4)57)42-16-8-13-39(26-42)41-15-10-18-47(28-41)59-33-36-19-21-43(30-53)45(24-36)32-55/h7-28,49-50,53-58H,5-6,29-34H2,1-4H3. The summed E-state index contributed by atoms with van der Waals surface area (Å²) in [7, 11) is 0. The molecule has 0 amide bonds. The fourth-order valence-corrected chi connectivity index (χ4v) is 7.90. The lowest BCUT2D eigenvalue weighted by Gasteiger charge is -2.35. The molecule has 0 saturated carbocycles. The lowest BCUT2D eigenvalue weighted by Crippen LogP contribution is -2.34. The molecule has 0 radical (unpaired) electrons. The van der Waals surface area contributed by atoms with E-state index in [1.807, 2.05) is 117 Å². The molecule has 6 aromatic rings. The van der Waals surface area contributed by atoms with Gasteiger partial charge in [0, 0.05) is 12.3 Å². The van der Waals surface area contributed by atoms with Gasteiger partial charge in [-0.1, -0.05) is 111 Å². The van der Waals surface area contributed by atoms with Crippen molar-refractivity contribution in [3.8, 4) is 33.8 Å². The molecule has 2 unspecified atom stereocenters. The SMILES string of the molecule is CCC(O)(CC)Cc1cccc(-c2cccc(OCc3ccc(CO)c(C(O)C(c4cccc(-c5cccc(OCc6ccc(CO)c(CO)c6)c5)c4)C(C)(C)O)c3)c2)c1. The number of ether oxygens (including phenoxy) is 2. The summed E-state index contributed by atoms with van der Waals surface area (Å²) in [6, 6.07) is 42.6. The largest absolute Gasteiger partial charge is 0.489 e. The van der Waals surface area contributed by atoms with E-state index in [4.69, 9.17) is 9.47 Å². The predicted molar refractivity (Wildman–Crippen MR) is 236 cm³/mol. The van der Waals surface area contributed by atoms with Crippen LogP contribution in [0.5, 0.6) is 11.5 Å². The molecule has 8 heteroatoms. The number of hydrogen-bond donors (Lipinski definition) is 6. The van der Waals surface area contributed by atoms with Crippen LogP contribution in [-0.4, -0.2) is 41.8 Å². The van der Waals surface area contributed by atoms with E-state index in [2.05, 4.69) is 18.2 Å². The zero-order chi connectivity index (χ0) is 42.9. The van der Waals surface area contributed by atoms with Gasteiger partial charge in [-0.05, 0) is 130 Å². The van der Waals surface area contributed by atoms with Crippen molar-refractivity contribution in [1.29, 1.82) is 0 Å². The maximum atomic E-state index is 12.2. The second-order valence-electron chi connectivity index (χ2n) is 16.3. The third-order valence-corrected chi connectivity index (χ3v) is 11.6. The van der Waals surface area contributed by atoms with E-state index >= 15 is 0 Å². The van der Waals surface area contributed by atoms with Crippen molar-refractivity contribution in [1.82, 2.24) is 0 Å². The molecule has 0 aliphatic heterocycles. The fraction of sp³-hybridized carbons (Fsp3) is 0.308. The van der Waals surface area contributed by atoms with Crippen molar-refractivity contribution in [2.75, 3.05) is 0 Å². The molecule has 6 N–H and O–H groups in total. The van der Waals surface area contributed by atoms with Gasteiger partial charge in [0.15, 0.2) is 0 Å². The number of aliphatic hydroxyl groups is 6. The molecule has 60 heavy (non-hydrogen) atoms. The third-order valence-electron chi connectivity index (χ3n) is 11.6. The number of rotatable bonds is 19. The summed E-state index contributed by atoms with van der Waals surface area (Å²) in [6.07, 6.45) is 0.787. The quantitative estimate of drug-likeness (QED) is 0.0476. The average Bonchev–Trinajstić information content (AvgIpc) is 3.27. The van der Waals surface area contributed by atoms with Crippen molar-refractivity contribution >= 4 is 0 Å². The molecule has 0 aliphatic carbocycles. The maximum Gasteiger partial charge on any atom is 0.120 e. The molecular formula is C52H58O8. The Morgan fingerprint density at radius 3 is 1.57 bits per heavy atom. The molecule has 6 rings (SSSR count). The second-order valence-corrected chi connectivity index (χ2v) is 16.3. The normalized spacial score (nSPS) is 12.9. The van der Waals surface area contributed by atoms with Crippen LogP contribution in [0.3, 0.4) is 0 Å². The summed E-state index contributed by atoms with van der Waals surface area (Å²) in [5.74, 6) is 0.562. The second kappa shape index (κ2) is 19.8. The molecule has 0 aromatic heterocycles. The molecule has 0 saturated heterocycles. The molecule has 6 aromatic carbocycles. The minimum atomic E-state index is -1.36. The lowest BCUT2D eigenvalue weighted by molar-refractivity contribution is -0.00990. The Kier molecular flexibility index (Phi) is 14.6. The van der Waals surface area contributed by atoms with E-state index in [1.54, 1.807) is 26.0 Å². The van der Waals surface area contributed by atoms with E-state index in [-0.39, 0.29) is 33.0 Å². The van der Waals surface area contributed by atoms with Crippen molar-refractivity contribution in [2.45, 2.75) is 103 Å². The zero-order valence-electron chi connectivity index (χ0n) is 35.0. The first-order valence-electron chi connectivity index (χ1n) is 20.7. The Labute approximate surface area is 354 Å². The first-order chi connectivity index (χ1) is 28.9. The highest BCUT2D eigenvalue weighted by atomic mass is 16.5. The molecule has 8 nitrogen and oxygen atoms in total. The van der Waals surface area contributed by atoms with Gasteiger partial charge in [0.05, 0.1) is 37.1 Å². The lowest BCUT2D eigenvalue weighted by atomic mass is 9.76. The van der Waals surface area contributed by atoms with Crippen LogP contribution in [0.15, 0.2) is 133 Å². The van der Waals surface area contributed by atoms with Crippen LogP contribution >= 0.6 is 0 Å². The van der Waals surface area contributed by atoms with Gasteiger partial charge < -0.3 is 40.1 Å². The molecule has 0 bridgehead atoms. The van der Waals surface area contributed by atoms with Gasteiger partial charge >= 0.3 is 0 Å². The highest BCUT2D eigenvalue weighted by Gasteiger charge is 2.36. The van der Waals surface area contributed by atoms with Crippen molar-refractivity contribution in [2.24, 2.45) is 0 Å². The molecule has 0 heterocycles. The van der Waals surface area contributed by atoms with Gasteiger partial charge in [0.1, 0.15) is 24.7 Å². The molecule has 0 fully saturated rings. The van der Waals surface area contributed by atoms with Crippen molar-refractivity contribution in [3.63, 3.8) is 0 Å². The first kappa shape index (κ1) is 44.2. The van der Waals surface area contributed by atoms with Crippen LogP contribution in [0.25, 0.3) is 22.3 Å². The molecule has 0 spiro atoms. The Morgan fingerprint density at radius 2 is 1.02 bits per heavy atom. The van der Waals surface area contributed by atoms with Crippen LogP contribution in [0.4, 0.5) is 0 Å². The van der Waals surface area contributed by atoms with Gasteiger partial charge in [-0.2, -0.15) is 0 Å². The molecule has 2 atom stereocenters. The number of benzene rings is 6. The summed E-state index contributed by atoms with van der Waals surface area (Å²) in [5.41, 5.74) is 7.56. The van der Waals surface area contributed by atoms with Crippen LogP contribution in [0.1, 0.15) is 97.1 Å². The summed E-state index contributed by atoms with van der Waals surface area (Å²) in [6.45, 7) is 7.27. The van der Waals surface area contributed by atoms with E-state index in [0.29, 0.717) is 53.0 Å². The molecule has 0 aliphatic rings. The smallest absolute Gasteiger partial charge is 0.120 e. The van der Waals surface area contributed by atoms with Gasteiger partial charge in [0.25, 0.3) is 0 Å². The first-order valence-corrected chi connectivity index (χ1v) is 20.7. The highest BCUT2D eigenvalue weighted by Crippen LogP contribution is 2.42. The Balaban J connectivity index is 1.20. The zero-order valence-corrected chi connectivity index (χ0v) is 35.0.